The number of anilines is 2. The van der Waals surface area contributed by atoms with Crippen molar-refractivity contribution in [3.05, 3.63) is 106 Å². The van der Waals surface area contributed by atoms with E-state index in [0.29, 0.717) is 52.0 Å². The molecular formula is C52H71ClN8O8. The third kappa shape index (κ3) is 14.6. The van der Waals surface area contributed by atoms with E-state index < -0.39 is 30.3 Å². The highest BCUT2D eigenvalue weighted by Gasteiger charge is 2.33. The Hall–Kier alpha value is -5.36. The number of unbranched alkanes of at least 4 members (excludes halogenated alkanes) is 3. The number of rotatable bonds is 25. The van der Waals surface area contributed by atoms with Gasteiger partial charge in [0.2, 0.25) is 5.91 Å². The Labute approximate surface area is 411 Å². The van der Waals surface area contributed by atoms with E-state index in [0.717, 1.165) is 59.1 Å². The molecule has 0 unspecified atom stereocenters. The monoisotopic (exact) mass is 971 g/mol. The van der Waals surface area contributed by atoms with Crippen molar-refractivity contribution < 1.29 is 39.5 Å². The molecule has 3 aromatic carbocycles. The predicted molar refractivity (Wildman–Crippen MR) is 267 cm³/mol. The molecule has 1 fully saturated rings. The fourth-order valence-corrected chi connectivity index (χ4v) is 9.71. The SMILES string of the molecule is CCCCCCN(CCC(=O)N1CCC(CN(C[C@H](CNC(=O)c2nc(Cl)c(N)nc2N)Cc2ccccc2C)C(=O)OCC2c3ccccc3-c3ccccc32)CC1)C[C@H](O)[C@@H](O)[C@H](O)CCO. The van der Waals surface area contributed by atoms with Gasteiger partial charge in [0.1, 0.15) is 12.7 Å². The van der Waals surface area contributed by atoms with Crippen LogP contribution in [0, 0.1) is 18.8 Å². The molecular weight excluding hydrogens is 900 g/mol. The van der Waals surface area contributed by atoms with Crippen LogP contribution < -0.4 is 16.8 Å². The lowest BCUT2D eigenvalue weighted by molar-refractivity contribution is -0.133. The number of ether oxygens (including phenoxy) is 1. The maximum absolute atomic E-state index is 14.6. The summed E-state index contributed by atoms with van der Waals surface area (Å²) in [6, 6.07) is 24.4. The van der Waals surface area contributed by atoms with Gasteiger partial charge in [0.15, 0.2) is 22.5 Å². The van der Waals surface area contributed by atoms with Gasteiger partial charge in [0, 0.05) is 64.8 Å². The summed E-state index contributed by atoms with van der Waals surface area (Å²) in [5.41, 5.74) is 18.3. The number of aryl methyl sites for hydroxylation is 1. The number of carbonyl (C=O) groups is 3. The number of halogens is 1. The van der Waals surface area contributed by atoms with Crippen LogP contribution in [0.1, 0.15) is 97.0 Å². The smallest absolute Gasteiger partial charge is 0.409 e. The molecule has 1 aliphatic carbocycles. The van der Waals surface area contributed by atoms with Crippen LogP contribution in [0.4, 0.5) is 16.4 Å². The average Bonchev–Trinajstić information content (AvgIpc) is 3.67. The van der Waals surface area contributed by atoms with Gasteiger partial charge in [-0.3, -0.25) is 9.59 Å². The lowest BCUT2D eigenvalue weighted by atomic mass is 9.93. The van der Waals surface area contributed by atoms with Gasteiger partial charge in [-0.15, -0.1) is 0 Å². The molecule has 6 rings (SSSR count). The molecule has 3 amide bonds. The third-order valence-electron chi connectivity index (χ3n) is 13.6. The summed E-state index contributed by atoms with van der Waals surface area (Å²) in [5.74, 6) is -1.20. The second-order valence-corrected chi connectivity index (χ2v) is 19.0. The number of aliphatic hydroxyl groups excluding tert-OH is 4. The summed E-state index contributed by atoms with van der Waals surface area (Å²) < 4.78 is 6.29. The Morgan fingerprint density at radius 1 is 0.870 bits per heavy atom. The first-order chi connectivity index (χ1) is 33.3. The van der Waals surface area contributed by atoms with E-state index in [1.807, 2.05) is 65.3 Å². The molecule has 1 aromatic heterocycles. The molecule has 16 nitrogen and oxygen atoms in total. The van der Waals surface area contributed by atoms with E-state index in [-0.39, 0.29) is 91.8 Å². The number of fused-ring (bicyclic) bond motifs is 3. The van der Waals surface area contributed by atoms with Gasteiger partial charge in [-0.25, -0.2) is 14.8 Å². The number of benzene rings is 3. The van der Waals surface area contributed by atoms with E-state index in [9.17, 15) is 34.8 Å². The molecule has 0 spiro atoms. The Kier molecular flexibility index (Phi) is 20.0. The van der Waals surface area contributed by atoms with E-state index in [4.69, 9.17) is 27.8 Å². The van der Waals surface area contributed by atoms with Crippen molar-refractivity contribution in [3.63, 3.8) is 0 Å². The van der Waals surface area contributed by atoms with Crippen molar-refractivity contribution in [2.24, 2.45) is 11.8 Å². The zero-order valence-corrected chi connectivity index (χ0v) is 40.8. The number of likely N-dealkylation sites (tertiary alicyclic amines) is 1. The zero-order valence-electron chi connectivity index (χ0n) is 40.0. The molecule has 9 N–H and O–H groups in total. The van der Waals surface area contributed by atoms with Crippen LogP contribution in [-0.2, 0) is 16.0 Å². The van der Waals surface area contributed by atoms with Crippen LogP contribution in [0.25, 0.3) is 11.1 Å². The molecule has 0 bridgehead atoms. The van der Waals surface area contributed by atoms with Gasteiger partial charge in [0.05, 0.1) is 12.2 Å². The van der Waals surface area contributed by atoms with Crippen molar-refractivity contribution in [3.8, 4) is 11.1 Å². The van der Waals surface area contributed by atoms with Crippen LogP contribution in [0.3, 0.4) is 0 Å². The average molecular weight is 972 g/mol. The van der Waals surface area contributed by atoms with Gasteiger partial charge >= 0.3 is 6.09 Å². The first-order valence-electron chi connectivity index (χ1n) is 24.4. The van der Waals surface area contributed by atoms with Crippen LogP contribution in [-0.4, -0.2) is 147 Å². The summed E-state index contributed by atoms with van der Waals surface area (Å²) in [5, 5.41) is 43.5. The maximum Gasteiger partial charge on any atom is 0.409 e. The largest absolute Gasteiger partial charge is 0.448 e. The number of piperidine rings is 1. The molecule has 17 heteroatoms. The Morgan fingerprint density at radius 3 is 2.20 bits per heavy atom. The highest BCUT2D eigenvalue weighted by molar-refractivity contribution is 6.31. The number of hydrogen-bond donors (Lipinski definition) is 7. The second-order valence-electron chi connectivity index (χ2n) is 18.6. The van der Waals surface area contributed by atoms with Crippen molar-refractivity contribution in [2.45, 2.75) is 95.9 Å². The first kappa shape index (κ1) is 53.0. The lowest BCUT2D eigenvalue weighted by Crippen LogP contribution is -2.47. The fourth-order valence-electron chi connectivity index (χ4n) is 9.58. The molecule has 2 aliphatic rings. The van der Waals surface area contributed by atoms with E-state index in [1.165, 1.54) is 0 Å². The quantitative estimate of drug-likeness (QED) is 0.0411. The van der Waals surface area contributed by atoms with Gasteiger partial charge < -0.3 is 56.6 Å². The minimum absolute atomic E-state index is 0.0162. The van der Waals surface area contributed by atoms with Crippen LogP contribution >= 0.6 is 11.6 Å². The van der Waals surface area contributed by atoms with Gasteiger partial charge in [0.25, 0.3) is 5.91 Å². The number of hydrogen-bond acceptors (Lipinski definition) is 13. The minimum atomic E-state index is -1.42. The standard InChI is InChI=1S/C52H71ClN8O8/c1-3-4-5-12-23-59(32-44(64)47(66)43(63)22-27-62)24-21-45(65)60-25-19-35(20-26-60)30-61(52(68)69-33-42-40-17-10-8-15-38(40)39-16-9-11-18-41(39)42)31-36(28-37-14-7-6-13-34(37)2)29-56-51(67)46-49(54)58-50(55)48(53)57-46/h6-11,13-18,35-36,42-44,47,62-64,66H,3-5,12,19-33H2,1-2H3,(H,56,67)(H4,54,55,58)/t36-,43+,44-,47-/m0/s1. The Morgan fingerprint density at radius 2 is 1.54 bits per heavy atom. The molecule has 374 valence electrons. The van der Waals surface area contributed by atoms with E-state index in [2.05, 4.69) is 46.5 Å². The molecule has 1 aliphatic heterocycles. The maximum atomic E-state index is 14.6. The van der Waals surface area contributed by atoms with Gasteiger partial charge in [-0.05, 0) is 90.8 Å². The summed E-state index contributed by atoms with van der Waals surface area (Å²) in [6.45, 7) is 6.86. The molecule has 4 atom stereocenters. The number of nitrogen functional groups attached to an aromatic ring is 2. The van der Waals surface area contributed by atoms with Crippen molar-refractivity contribution in [1.82, 2.24) is 30.0 Å². The molecule has 1 saturated heterocycles. The third-order valence-corrected chi connectivity index (χ3v) is 13.9. The Balaban J connectivity index is 1.15. The van der Waals surface area contributed by atoms with Crippen LogP contribution in [0.15, 0.2) is 72.8 Å². The number of carbonyl (C=O) groups excluding carboxylic acids is 3. The highest BCUT2D eigenvalue weighted by atomic mass is 35.5. The Bertz CT molecular complexity index is 2270. The normalized spacial score (nSPS) is 15.6. The predicted octanol–water partition coefficient (Wildman–Crippen LogP) is 5.42. The summed E-state index contributed by atoms with van der Waals surface area (Å²) in [6.07, 6.45) is 1.62. The van der Waals surface area contributed by atoms with Crippen molar-refractivity contribution in [2.75, 3.05) is 77.0 Å². The van der Waals surface area contributed by atoms with E-state index in [1.54, 1.807) is 4.90 Å². The number of aliphatic hydroxyl groups is 4. The summed E-state index contributed by atoms with van der Waals surface area (Å²) >= 11 is 6.12. The first-order valence-corrected chi connectivity index (χ1v) is 24.8. The second kappa shape index (κ2) is 26.0. The lowest BCUT2D eigenvalue weighted by Gasteiger charge is -2.36. The van der Waals surface area contributed by atoms with E-state index >= 15 is 0 Å². The van der Waals surface area contributed by atoms with Crippen LogP contribution in [0.2, 0.25) is 5.15 Å². The number of amides is 3. The number of nitrogens with one attached hydrogen (secondary N) is 1. The molecule has 0 saturated carbocycles. The molecule has 0 radical (unpaired) electrons. The molecule has 4 aromatic rings. The van der Waals surface area contributed by atoms with Crippen LogP contribution in [0.5, 0.6) is 0 Å². The minimum Gasteiger partial charge on any atom is -0.448 e. The molecule has 2 heterocycles. The summed E-state index contributed by atoms with van der Waals surface area (Å²) in [4.78, 5) is 55.5. The fraction of sp³-hybridized carbons (Fsp3) is 0.519. The number of nitrogens with two attached hydrogens (primary N) is 2. The van der Waals surface area contributed by atoms with Gasteiger partial charge in [-0.2, -0.15) is 0 Å². The number of nitrogens with zero attached hydrogens (tertiary/aromatic N) is 5. The highest BCUT2D eigenvalue weighted by Crippen LogP contribution is 2.44. The summed E-state index contributed by atoms with van der Waals surface area (Å²) in [7, 11) is 0. The van der Waals surface area contributed by atoms with Gasteiger partial charge in [-0.1, -0.05) is 111 Å². The van der Waals surface area contributed by atoms with Crippen molar-refractivity contribution in [1.29, 1.82) is 0 Å². The van der Waals surface area contributed by atoms with Crippen molar-refractivity contribution >= 4 is 41.1 Å². The molecule has 69 heavy (non-hydrogen) atoms. The topological polar surface area (TPSA) is 241 Å². The zero-order chi connectivity index (χ0) is 49.5. The number of aromatic nitrogens is 2.